The number of rotatable bonds is 4. The van der Waals surface area contributed by atoms with E-state index in [1.807, 2.05) is 18.2 Å². The highest BCUT2D eigenvalue weighted by Crippen LogP contribution is 2.28. The molecule has 0 heterocycles. The Morgan fingerprint density at radius 3 is 2.56 bits per heavy atom. The van der Waals surface area contributed by atoms with E-state index in [1.165, 1.54) is 19.3 Å². The van der Waals surface area contributed by atoms with Gasteiger partial charge in [0.15, 0.2) is 0 Å². The summed E-state index contributed by atoms with van der Waals surface area (Å²) in [7, 11) is -3.21. The predicted octanol–water partition coefficient (Wildman–Crippen LogP) is 2.66. The fourth-order valence-corrected chi connectivity index (χ4v) is 3.02. The lowest BCUT2D eigenvalue weighted by atomic mass is 10.1. The third kappa shape index (κ3) is 3.63. The van der Waals surface area contributed by atoms with Gasteiger partial charge in [-0.05, 0) is 37.0 Å². The van der Waals surface area contributed by atoms with Crippen LogP contribution >= 0.6 is 0 Å². The van der Waals surface area contributed by atoms with Gasteiger partial charge in [-0.2, -0.15) is 0 Å². The van der Waals surface area contributed by atoms with Gasteiger partial charge in [0.05, 0.1) is 11.9 Å². The van der Waals surface area contributed by atoms with Crippen LogP contribution < -0.4 is 10.0 Å². The zero-order valence-corrected chi connectivity index (χ0v) is 11.6. The van der Waals surface area contributed by atoms with E-state index in [2.05, 4.69) is 17.0 Å². The van der Waals surface area contributed by atoms with Crippen molar-refractivity contribution in [3.05, 3.63) is 24.3 Å². The molecule has 2 N–H and O–H groups in total. The molecule has 2 unspecified atom stereocenters. The lowest BCUT2D eigenvalue weighted by Crippen LogP contribution is -2.21. The van der Waals surface area contributed by atoms with Crippen LogP contribution in [0, 0.1) is 5.92 Å². The van der Waals surface area contributed by atoms with Crippen LogP contribution in [-0.4, -0.2) is 20.7 Å². The Morgan fingerprint density at radius 1 is 1.22 bits per heavy atom. The first kappa shape index (κ1) is 13.2. The average Bonchev–Trinajstić information content (AvgIpc) is 2.62. The van der Waals surface area contributed by atoms with Crippen LogP contribution in [0.4, 0.5) is 11.4 Å². The van der Waals surface area contributed by atoms with E-state index in [0.29, 0.717) is 17.6 Å². The SMILES string of the molecule is CC1CCCC1Nc1cccc(NS(C)(=O)=O)c1. The van der Waals surface area contributed by atoms with E-state index in [0.717, 1.165) is 11.9 Å². The third-order valence-corrected chi connectivity index (χ3v) is 3.99. The summed E-state index contributed by atoms with van der Waals surface area (Å²) in [5.74, 6) is 0.677. The zero-order chi connectivity index (χ0) is 13.2. The molecule has 0 saturated heterocycles. The quantitative estimate of drug-likeness (QED) is 0.882. The van der Waals surface area contributed by atoms with Crippen molar-refractivity contribution in [2.24, 2.45) is 5.92 Å². The van der Waals surface area contributed by atoms with Crippen LogP contribution in [0.3, 0.4) is 0 Å². The van der Waals surface area contributed by atoms with E-state index in [1.54, 1.807) is 6.07 Å². The van der Waals surface area contributed by atoms with Crippen LogP contribution in [0.5, 0.6) is 0 Å². The molecule has 0 aliphatic heterocycles. The lowest BCUT2D eigenvalue weighted by Gasteiger charge is -2.19. The molecule has 0 bridgehead atoms. The first-order chi connectivity index (χ1) is 8.44. The van der Waals surface area contributed by atoms with Crippen LogP contribution in [0.2, 0.25) is 0 Å². The van der Waals surface area contributed by atoms with Gasteiger partial charge in [-0.1, -0.05) is 19.4 Å². The van der Waals surface area contributed by atoms with Gasteiger partial charge < -0.3 is 5.32 Å². The summed E-state index contributed by atoms with van der Waals surface area (Å²) in [6, 6.07) is 7.92. The second kappa shape index (κ2) is 5.18. The Kier molecular flexibility index (Phi) is 3.80. The second-order valence-electron chi connectivity index (χ2n) is 5.11. The molecular weight excluding hydrogens is 248 g/mol. The standard InChI is InChI=1S/C13H20N2O2S/c1-10-5-3-8-13(10)14-11-6-4-7-12(9-11)15-18(2,16)17/h4,6-7,9-10,13-15H,3,5,8H2,1-2H3. The molecule has 0 radical (unpaired) electrons. The minimum atomic E-state index is -3.21. The van der Waals surface area contributed by atoms with Crippen molar-refractivity contribution in [1.82, 2.24) is 0 Å². The first-order valence-electron chi connectivity index (χ1n) is 6.28. The Morgan fingerprint density at radius 2 is 1.94 bits per heavy atom. The molecule has 1 aliphatic carbocycles. The smallest absolute Gasteiger partial charge is 0.229 e. The molecule has 0 spiro atoms. The molecule has 2 rings (SSSR count). The van der Waals surface area contributed by atoms with Gasteiger partial charge in [0.25, 0.3) is 0 Å². The number of hydrogen-bond donors (Lipinski definition) is 2. The second-order valence-corrected chi connectivity index (χ2v) is 6.86. The number of sulfonamides is 1. The first-order valence-corrected chi connectivity index (χ1v) is 8.17. The maximum absolute atomic E-state index is 11.2. The van der Waals surface area contributed by atoms with Crippen molar-refractivity contribution >= 4 is 21.4 Å². The monoisotopic (exact) mass is 268 g/mol. The molecule has 0 amide bonds. The van der Waals surface area contributed by atoms with Gasteiger partial charge in [-0.15, -0.1) is 0 Å². The fraction of sp³-hybridized carbons (Fsp3) is 0.538. The molecule has 1 aromatic carbocycles. The van der Waals surface area contributed by atoms with Crippen molar-refractivity contribution in [3.8, 4) is 0 Å². The van der Waals surface area contributed by atoms with Gasteiger partial charge in [-0.3, -0.25) is 4.72 Å². The third-order valence-electron chi connectivity index (χ3n) is 3.38. The highest BCUT2D eigenvalue weighted by Gasteiger charge is 2.22. The normalized spacial score (nSPS) is 23.9. The molecule has 4 nitrogen and oxygen atoms in total. The molecule has 0 aromatic heterocycles. The zero-order valence-electron chi connectivity index (χ0n) is 10.8. The molecule has 1 saturated carbocycles. The van der Waals surface area contributed by atoms with Gasteiger partial charge in [0.1, 0.15) is 0 Å². The summed E-state index contributed by atoms with van der Waals surface area (Å²) in [5, 5.41) is 3.48. The van der Waals surface area contributed by atoms with Gasteiger partial charge in [0, 0.05) is 11.7 Å². The van der Waals surface area contributed by atoms with Crippen LogP contribution in [0.25, 0.3) is 0 Å². The maximum Gasteiger partial charge on any atom is 0.229 e. The minimum absolute atomic E-state index is 0.499. The molecule has 1 aromatic rings. The summed E-state index contributed by atoms with van der Waals surface area (Å²) >= 11 is 0. The van der Waals surface area contributed by atoms with Gasteiger partial charge in [-0.25, -0.2) is 8.42 Å². The van der Waals surface area contributed by atoms with Crippen LogP contribution in [-0.2, 0) is 10.0 Å². The van der Waals surface area contributed by atoms with E-state index in [4.69, 9.17) is 0 Å². The largest absolute Gasteiger partial charge is 0.382 e. The summed E-state index contributed by atoms with van der Waals surface area (Å²) < 4.78 is 24.8. The molecule has 2 atom stereocenters. The number of benzene rings is 1. The van der Waals surface area contributed by atoms with Crippen molar-refractivity contribution in [2.75, 3.05) is 16.3 Å². The van der Waals surface area contributed by atoms with Crippen molar-refractivity contribution < 1.29 is 8.42 Å². The molecule has 5 heteroatoms. The highest BCUT2D eigenvalue weighted by molar-refractivity contribution is 7.92. The molecule has 100 valence electrons. The molecule has 18 heavy (non-hydrogen) atoms. The van der Waals surface area contributed by atoms with E-state index >= 15 is 0 Å². The lowest BCUT2D eigenvalue weighted by molar-refractivity contribution is 0.556. The number of nitrogens with one attached hydrogen (secondary N) is 2. The van der Waals surface area contributed by atoms with E-state index in [9.17, 15) is 8.42 Å². The number of anilines is 2. The molecule has 1 aliphatic rings. The minimum Gasteiger partial charge on any atom is -0.382 e. The van der Waals surface area contributed by atoms with Crippen molar-refractivity contribution in [1.29, 1.82) is 0 Å². The van der Waals surface area contributed by atoms with Gasteiger partial charge in [0.2, 0.25) is 10.0 Å². The van der Waals surface area contributed by atoms with Crippen molar-refractivity contribution in [3.63, 3.8) is 0 Å². The maximum atomic E-state index is 11.2. The molecular formula is C13H20N2O2S. The van der Waals surface area contributed by atoms with E-state index in [-0.39, 0.29) is 0 Å². The molecule has 1 fully saturated rings. The fourth-order valence-electron chi connectivity index (χ4n) is 2.46. The Hall–Kier alpha value is -1.23. The summed E-state index contributed by atoms with van der Waals surface area (Å²) in [6.07, 6.45) is 4.87. The average molecular weight is 268 g/mol. The van der Waals surface area contributed by atoms with Gasteiger partial charge >= 0.3 is 0 Å². The Labute approximate surface area is 109 Å². The van der Waals surface area contributed by atoms with E-state index < -0.39 is 10.0 Å². The highest BCUT2D eigenvalue weighted by atomic mass is 32.2. The summed E-state index contributed by atoms with van der Waals surface area (Å²) in [6.45, 7) is 2.25. The van der Waals surface area contributed by atoms with Crippen LogP contribution in [0.15, 0.2) is 24.3 Å². The number of hydrogen-bond acceptors (Lipinski definition) is 3. The topological polar surface area (TPSA) is 58.2 Å². The van der Waals surface area contributed by atoms with Crippen LogP contribution in [0.1, 0.15) is 26.2 Å². The Bertz CT molecular complexity index is 513. The Balaban J connectivity index is 2.07. The predicted molar refractivity (Wildman–Crippen MR) is 75.3 cm³/mol. The summed E-state index contributed by atoms with van der Waals surface area (Å²) in [4.78, 5) is 0. The van der Waals surface area contributed by atoms with Crippen molar-refractivity contribution in [2.45, 2.75) is 32.2 Å². The summed E-state index contributed by atoms with van der Waals surface area (Å²) in [5.41, 5.74) is 1.58.